The van der Waals surface area contributed by atoms with Crippen LogP contribution >= 0.6 is 0 Å². The maximum Gasteiger partial charge on any atom is 0.234 e. The maximum atomic E-state index is 12.3. The van der Waals surface area contributed by atoms with E-state index in [4.69, 9.17) is 5.73 Å². The van der Waals surface area contributed by atoms with E-state index in [9.17, 15) is 4.79 Å². The van der Waals surface area contributed by atoms with Crippen LogP contribution in [0.3, 0.4) is 0 Å². The molecule has 0 aromatic heterocycles. The highest BCUT2D eigenvalue weighted by Gasteiger charge is 2.38. The molecule has 0 bridgehead atoms. The van der Waals surface area contributed by atoms with E-state index in [-0.39, 0.29) is 11.4 Å². The van der Waals surface area contributed by atoms with Gasteiger partial charge in [0.15, 0.2) is 0 Å². The van der Waals surface area contributed by atoms with Gasteiger partial charge in [-0.05, 0) is 32.2 Å². The Morgan fingerprint density at radius 1 is 1.20 bits per heavy atom. The minimum Gasteiger partial charge on any atom is -0.352 e. The van der Waals surface area contributed by atoms with E-state index in [1.54, 1.807) is 0 Å². The van der Waals surface area contributed by atoms with Gasteiger partial charge in [0.25, 0.3) is 0 Å². The summed E-state index contributed by atoms with van der Waals surface area (Å²) in [4.78, 5) is 14.6. The van der Waals surface area contributed by atoms with Crippen molar-refractivity contribution in [2.75, 3.05) is 19.6 Å². The molecule has 0 saturated heterocycles. The van der Waals surface area contributed by atoms with Gasteiger partial charge in [-0.1, -0.05) is 39.0 Å². The van der Waals surface area contributed by atoms with Gasteiger partial charge in [-0.3, -0.25) is 9.69 Å². The van der Waals surface area contributed by atoms with E-state index in [0.29, 0.717) is 19.1 Å². The van der Waals surface area contributed by atoms with Crippen LogP contribution in [0.4, 0.5) is 0 Å². The average molecular weight is 281 g/mol. The normalized spacial score (nSPS) is 23.1. The number of rotatable bonds is 6. The first-order chi connectivity index (χ1) is 9.70. The van der Waals surface area contributed by atoms with Crippen molar-refractivity contribution in [3.8, 4) is 0 Å². The molecule has 2 fully saturated rings. The topological polar surface area (TPSA) is 58.4 Å². The summed E-state index contributed by atoms with van der Waals surface area (Å²) in [7, 11) is 0. The molecule has 2 saturated carbocycles. The summed E-state index contributed by atoms with van der Waals surface area (Å²) in [5, 5.41) is 3.23. The first-order valence-corrected chi connectivity index (χ1v) is 8.44. The second-order valence-corrected chi connectivity index (χ2v) is 6.55. The Balaban J connectivity index is 1.86. The van der Waals surface area contributed by atoms with E-state index in [0.717, 1.165) is 32.2 Å². The summed E-state index contributed by atoms with van der Waals surface area (Å²) in [6, 6.07) is 0.410. The van der Waals surface area contributed by atoms with Crippen LogP contribution in [-0.2, 0) is 4.79 Å². The highest BCUT2D eigenvalue weighted by atomic mass is 16.2. The molecule has 116 valence electrons. The van der Waals surface area contributed by atoms with Gasteiger partial charge in [-0.25, -0.2) is 0 Å². The zero-order valence-electron chi connectivity index (χ0n) is 13.0. The van der Waals surface area contributed by atoms with Crippen LogP contribution in [-0.4, -0.2) is 42.0 Å². The molecule has 0 aliphatic heterocycles. The van der Waals surface area contributed by atoms with Crippen molar-refractivity contribution in [1.29, 1.82) is 0 Å². The lowest BCUT2D eigenvalue weighted by molar-refractivity contribution is -0.124. The first kappa shape index (κ1) is 15.8. The smallest absolute Gasteiger partial charge is 0.234 e. The molecule has 0 atom stereocenters. The fourth-order valence-corrected chi connectivity index (χ4v) is 3.99. The predicted molar refractivity (Wildman–Crippen MR) is 82.5 cm³/mol. The quantitative estimate of drug-likeness (QED) is 0.783. The molecule has 0 heterocycles. The number of likely N-dealkylation sites (N-methyl/N-ethyl adjacent to an activating group) is 1. The van der Waals surface area contributed by atoms with E-state index in [1.165, 1.54) is 32.1 Å². The van der Waals surface area contributed by atoms with Crippen molar-refractivity contribution in [3.05, 3.63) is 0 Å². The first-order valence-electron chi connectivity index (χ1n) is 8.44. The molecule has 2 rings (SSSR count). The standard InChI is InChI=1S/C16H31N3O/c1-2-19(16(13-17)10-6-7-11-16)12-15(20)18-14-8-4-3-5-9-14/h14H,2-13,17H2,1H3,(H,18,20). The molecule has 4 nitrogen and oxygen atoms in total. The van der Waals surface area contributed by atoms with Crippen LogP contribution in [0.25, 0.3) is 0 Å². The molecule has 0 unspecified atom stereocenters. The second kappa shape index (κ2) is 7.41. The number of nitrogens with zero attached hydrogens (tertiary/aromatic N) is 1. The summed E-state index contributed by atoms with van der Waals surface area (Å²) in [6.45, 7) is 4.25. The van der Waals surface area contributed by atoms with E-state index >= 15 is 0 Å². The van der Waals surface area contributed by atoms with Gasteiger partial charge in [0.05, 0.1) is 6.54 Å². The second-order valence-electron chi connectivity index (χ2n) is 6.55. The summed E-state index contributed by atoms with van der Waals surface area (Å²) in [6.07, 6.45) is 10.9. The highest BCUT2D eigenvalue weighted by molar-refractivity contribution is 5.78. The fourth-order valence-electron chi connectivity index (χ4n) is 3.99. The molecule has 4 heteroatoms. The molecule has 3 N–H and O–H groups in total. The molecule has 0 aromatic carbocycles. The number of nitrogens with two attached hydrogens (primary N) is 1. The van der Waals surface area contributed by atoms with Crippen molar-refractivity contribution in [2.24, 2.45) is 5.73 Å². The lowest BCUT2D eigenvalue weighted by Crippen LogP contribution is -2.55. The summed E-state index contributed by atoms with van der Waals surface area (Å²) in [5.41, 5.74) is 6.11. The number of carbonyl (C=O) groups is 1. The van der Waals surface area contributed by atoms with E-state index in [2.05, 4.69) is 17.1 Å². The fraction of sp³-hybridized carbons (Fsp3) is 0.938. The Bertz CT molecular complexity index is 307. The molecule has 20 heavy (non-hydrogen) atoms. The van der Waals surface area contributed by atoms with Gasteiger partial charge < -0.3 is 11.1 Å². The number of nitrogens with one attached hydrogen (secondary N) is 1. The molecule has 2 aliphatic carbocycles. The van der Waals surface area contributed by atoms with Gasteiger partial charge in [-0.2, -0.15) is 0 Å². The largest absolute Gasteiger partial charge is 0.352 e. The van der Waals surface area contributed by atoms with Crippen LogP contribution in [0.5, 0.6) is 0 Å². The van der Waals surface area contributed by atoms with Crippen LogP contribution < -0.4 is 11.1 Å². The van der Waals surface area contributed by atoms with Gasteiger partial charge in [0, 0.05) is 18.1 Å². The van der Waals surface area contributed by atoms with Gasteiger partial charge in [0.2, 0.25) is 5.91 Å². The summed E-state index contributed by atoms with van der Waals surface area (Å²) in [5.74, 6) is 0.193. The molecule has 0 radical (unpaired) electrons. The minimum atomic E-state index is 0.0820. The summed E-state index contributed by atoms with van der Waals surface area (Å²) < 4.78 is 0. The van der Waals surface area contributed by atoms with Crippen LogP contribution in [0.1, 0.15) is 64.7 Å². The lowest BCUT2D eigenvalue weighted by Gasteiger charge is -2.40. The SMILES string of the molecule is CCN(CC(=O)NC1CCCCC1)C1(CN)CCCC1. The zero-order valence-corrected chi connectivity index (χ0v) is 13.0. The van der Waals surface area contributed by atoms with Crippen molar-refractivity contribution in [3.63, 3.8) is 0 Å². The third-order valence-electron chi connectivity index (χ3n) is 5.27. The van der Waals surface area contributed by atoms with Crippen LogP contribution in [0, 0.1) is 0 Å². The Morgan fingerprint density at radius 2 is 1.85 bits per heavy atom. The average Bonchev–Trinajstić information content (AvgIpc) is 2.96. The number of carbonyl (C=O) groups excluding carboxylic acids is 1. The zero-order chi connectivity index (χ0) is 14.4. The van der Waals surface area contributed by atoms with Crippen molar-refractivity contribution in [2.45, 2.75) is 76.3 Å². The Kier molecular flexibility index (Phi) is 5.85. The maximum absolute atomic E-state index is 12.3. The molecule has 1 amide bonds. The van der Waals surface area contributed by atoms with Crippen LogP contribution in [0.2, 0.25) is 0 Å². The molecule has 0 spiro atoms. The third-order valence-corrected chi connectivity index (χ3v) is 5.27. The van der Waals surface area contributed by atoms with Gasteiger partial charge >= 0.3 is 0 Å². The van der Waals surface area contributed by atoms with E-state index in [1.807, 2.05) is 0 Å². The van der Waals surface area contributed by atoms with Gasteiger partial charge in [-0.15, -0.1) is 0 Å². The molecular formula is C16H31N3O. The summed E-state index contributed by atoms with van der Waals surface area (Å²) >= 11 is 0. The third kappa shape index (κ3) is 3.73. The number of hydrogen-bond acceptors (Lipinski definition) is 3. The Labute approximate surface area is 123 Å². The molecule has 2 aliphatic rings. The molecular weight excluding hydrogens is 250 g/mol. The molecule has 0 aromatic rings. The predicted octanol–water partition coefficient (Wildman–Crippen LogP) is 2.03. The Morgan fingerprint density at radius 3 is 2.40 bits per heavy atom. The number of hydrogen-bond donors (Lipinski definition) is 2. The van der Waals surface area contributed by atoms with Crippen molar-refractivity contribution in [1.82, 2.24) is 10.2 Å². The lowest BCUT2D eigenvalue weighted by atomic mass is 9.94. The van der Waals surface area contributed by atoms with Crippen molar-refractivity contribution < 1.29 is 4.79 Å². The van der Waals surface area contributed by atoms with Crippen LogP contribution in [0.15, 0.2) is 0 Å². The van der Waals surface area contributed by atoms with E-state index < -0.39 is 0 Å². The highest BCUT2D eigenvalue weighted by Crippen LogP contribution is 2.34. The van der Waals surface area contributed by atoms with Crippen molar-refractivity contribution >= 4 is 5.91 Å². The monoisotopic (exact) mass is 281 g/mol. The Hall–Kier alpha value is -0.610. The minimum absolute atomic E-state index is 0.0820. The van der Waals surface area contributed by atoms with Gasteiger partial charge in [0.1, 0.15) is 0 Å². The number of amides is 1.